The molecule has 2 rings (SSSR count). The fourth-order valence-corrected chi connectivity index (χ4v) is 1.38. The van der Waals surface area contributed by atoms with Crippen molar-refractivity contribution < 1.29 is 37.7 Å². The third kappa shape index (κ3) is 2.48. The van der Waals surface area contributed by atoms with E-state index < -0.39 is 0 Å². The summed E-state index contributed by atoms with van der Waals surface area (Å²) in [7, 11) is 1.53. The topological polar surface area (TPSA) is 49.0 Å². The summed E-state index contributed by atoms with van der Waals surface area (Å²) in [6.07, 6.45) is 0. The van der Waals surface area contributed by atoms with Gasteiger partial charge in [-0.15, -0.1) is 7.05 Å². The normalized spacial score (nSPS) is 9.06. The van der Waals surface area contributed by atoms with Crippen LogP contribution in [0.4, 0.5) is 0 Å². The van der Waals surface area contributed by atoms with Crippen molar-refractivity contribution in [3.8, 4) is 0 Å². The molecule has 2 aromatic rings. The molecule has 0 aliphatic heterocycles. The summed E-state index contributed by atoms with van der Waals surface area (Å²) in [6.45, 7) is 3.66. The summed E-state index contributed by atoms with van der Waals surface area (Å²) < 4.78 is 1.20. The second-order valence-corrected chi connectivity index (χ2v) is 2.86. The fraction of sp³-hybridized carbons (Fsp3) is 0.100. The Kier molecular flexibility index (Phi) is 5.79. The largest absolute Gasteiger partial charge is 1.00 e. The molecule has 16 heavy (non-hydrogen) atoms. The average Bonchev–Trinajstić information content (AvgIpc) is 2.18. The molecule has 0 saturated heterocycles. The van der Waals surface area contributed by atoms with Crippen molar-refractivity contribution >= 4 is 10.9 Å². The molecular formula is C10H9Li2N3O. The Bertz CT molecular complexity index is 539. The van der Waals surface area contributed by atoms with Gasteiger partial charge in [0.1, 0.15) is 0 Å². The van der Waals surface area contributed by atoms with Gasteiger partial charge in [-0.05, 0) is 18.0 Å². The molecule has 0 aliphatic carbocycles. The number of nitrogens with zero attached hydrogens (tertiary/aromatic N) is 3. The van der Waals surface area contributed by atoms with Crippen molar-refractivity contribution in [1.29, 1.82) is 0 Å². The second-order valence-electron chi connectivity index (χ2n) is 2.86. The Morgan fingerprint density at radius 1 is 1.31 bits per heavy atom. The summed E-state index contributed by atoms with van der Waals surface area (Å²) >= 11 is 0. The van der Waals surface area contributed by atoms with E-state index >= 15 is 0 Å². The van der Waals surface area contributed by atoms with Crippen molar-refractivity contribution in [2.75, 3.05) is 7.05 Å². The molecule has 0 spiro atoms. The molecule has 0 saturated carbocycles. The van der Waals surface area contributed by atoms with Crippen molar-refractivity contribution in [1.82, 2.24) is 9.66 Å². The first-order valence-corrected chi connectivity index (χ1v) is 4.18. The maximum absolute atomic E-state index is 11.8. The molecule has 0 atom stereocenters. The van der Waals surface area contributed by atoms with Crippen molar-refractivity contribution in [3.63, 3.8) is 0 Å². The number of benzene rings is 1. The summed E-state index contributed by atoms with van der Waals surface area (Å²) in [5, 5.41) is 0.561. The zero-order chi connectivity index (χ0) is 10.1. The Morgan fingerprint density at radius 2 is 1.94 bits per heavy atom. The predicted molar refractivity (Wildman–Crippen MR) is 55.1 cm³/mol. The van der Waals surface area contributed by atoms with Gasteiger partial charge in [0.25, 0.3) is 0 Å². The van der Waals surface area contributed by atoms with E-state index in [1.54, 1.807) is 18.2 Å². The monoisotopic (exact) mass is 201 g/mol. The Labute approximate surface area is 118 Å². The zero-order valence-corrected chi connectivity index (χ0v) is 9.77. The van der Waals surface area contributed by atoms with Gasteiger partial charge in [0, 0.05) is 0 Å². The van der Waals surface area contributed by atoms with Crippen LogP contribution in [0.15, 0.2) is 29.1 Å². The quantitative estimate of drug-likeness (QED) is 0.344. The zero-order valence-electron chi connectivity index (χ0n) is 9.77. The molecule has 0 N–H and O–H groups in total. The molecule has 1 heterocycles. The molecule has 72 valence electrons. The molecule has 4 nitrogen and oxygen atoms in total. The van der Waals surface area contributed by atoms with Crippen LogP contribution in [-0.2, 0) is 0 Å². The number of hydrogen-bond donors (Lipinski definition) is 0. The van der Waals surface area contributed by atoms with Gasteiger partial charge in [-0.25, -0.2) is 0 Å². The van der Waals surface area contributed by atoms with E-state index in [1.165, 1.54) is 11.7 Å². The van der Waals surface area contributed by atoms with Gasteiger partial charge in [-0.2, -0.15) is 0 Å². The number of aromatic nitrogens is 2. The number of hydrogen-bond acceptors (Lipinski definition) is 2. The summed E-state index contributed by atoms with van der Waals surface area (Å²) in [5.74, 6) is 0.358. The van der Waals surface area contributed by atoms with Crippen molar-refractivity contribution in [2.24, 2.45) is 0 Å². The van der Waals surface area contributed by atoms with Crippen LogP contribution in [0, 0.1) is 6.92 Å². The van der Waals surface area contributed by atoms with Gasteiger partial charge >= 0.3 is 37.7 Å². The van der Waals surface area contributed by atoms with Crippen LogP contribution < -0.4 is 43.3 Å². The molecular weight excluding hydrogens is 192 g/mol. The van der Waals surface area contributed by atoms with Crippen LogP contribution in [-0.4, -0.2) is 16.7 Å². The molecule has 1 aromatic heterocycles. The minimum Gasteiger partial charge on any atom is -0.618 e. The van der Waals surface area contributed by atoms with Gasteiger partial charge < -0.3 is 17.0 Å². The summed E-state index contributed by atoms with van der Waals surface area (Å²) in [6, 6.07) is 7.15. The number of para-hydroxylation sites is 1. The molecule has 0 aliphatic rings. The predicted octanol–water partition coefficient (Wildman–Crippen LogP) is -4.65. The Morgan fingerprint density at radius 3 is 2.56 bits per heavy atom. The van der Waals surface area contributed by atoms with Crippen molar-refractivity contribution in [2.45, 2.75) is 0 Å². The first-order chi connectivity index (χ1) is 6.74. The van der Waals surface area contributed by atoms with Gasteiger partial charge in [0.05, 0.1) is 10.9 Å². The van der Waals surface area contributed by atoms with Crippen LogP contribution in [0.3, 0.4) is 0 Å². The minimum atomic E-state index is -0.178. The fourth-order valence-electron chi connectivity index (χ4n) is 1.38. The van der Waals surface area contributed by atoms with Gasteiger partial charge in [0.2, 0.25) is 5.56 Å². The van der Waals surface area contributed by atoms with Gasteiger partial charge in [-0.3, -0.25) is 9.78 Å². The maximum atomic E-state index is 11.8. The van der Waals surface area contributed by atoms with E-state index in [1.807, 2.05) is 6.07 Å². The van der Waals surface area contributed by atoms with E-state index in [2.05, 4.69) is 17.3 Å². The first-order valence-electron chi connectivity index (χ1n) is 4.18. The molecule has 1 aromatic carbocycles. The van der Waals surface area contributed by atoms with E-state index in [4.69, 9.17) is 0 Å². The van der Waals surface area contributed by atoms with Crippen LogP contribution in [0.2, 0.25) is 0 Å². The smallest absolute Gasteiger partial charge is 0.618 e. The third-order valence-corrected chi connectivity index (χ3v) is 2.02. The van der Waals surface area contributed by atoms with Crippen LogP contribution >= 0.6 is 0 Å². The molecule has 6 heteroatoms. The van der Waals surface area contributed by atoms with E-state index in [0.717, 1.165) is 0 Å². The second kappa shape index (κ2) is 6.08. The summed E-state index contributed by atoms with van der Waals surface area (Å²) in [5.41, 5.74) is 4.28. The van der Waals surface area contributed by atoms with Crippen LogP contribution in [0.1, 0.15) is 5.82 Å². The Balaban J connectivity index is 0.00000112. The van der Waals surface area contributed by atoms with Gasteiger partial charge in [0.15, 0.2) is 0 Å². The maximum Gasteiger partial charge on any atom is 1.00 e. The molecule has 0 unspecified atom stereocenters. The van der Waals surface area contributed by atoms with E-state index in [0.29, 0.717) is 16.7 Å². The first kappa shape index (κ1) is 15.2. The molecule has 0 fully saturated rings. The third-order valence-electron chi connectivity index (χ3n) is 2.02. The van der Waals surface area contributed by atoms with Gasteiger partial charge in [-0.1, -0.05) is 12.1 Å². The number of rotatable bonds is 1. The number of fused-ring (bicyclic) bond motifs is 1. The average molecular weight is 201 g/mol. The Hall–Kier alpha value is -0.775. The molecule has 0 bridgehead atoms. The standard InChI is InChI=1S/C10H9N3O.2Li/c1-7-12-9-6-4-3-5-8(9)10(14)13(7)11-2;;/h3-6H,1H2,2H3;;/q-2;2*+1. The van der Waals surface area contributed by atoms with E-state index in [-0.39, 0.29) is 43.3 Å². The molecule has 0 radical (unpaired) electrons. The summed E-state index contributed by atoms with van der Waals surface area (Å²) in [4.78, 5) is 15.9. The van der Waals surface area contributed by atoms with E-state index in [9.17, 15) is 4.79 Å². The SMILES string of the molecule is [CH2-]c1nc2ccccc2c(=O)n1[N-]C.[Li+].[Li+]. The van der Waals surface area contributed by atoms with Crippen molar-refractivity contribution in [3.05, 3.63) is 52.8 Å². The molecule has 0 amide bonds. The van der Waals surface area contributed by atoms with Crippen LogP contribution in [0.25, 0.3) is 16.3 Å². The van der Waals surface area contributed by atoms with Crippen LogP contribution in [0.5, 0.6) is 0 Å². The minimum absolute atomic E-state index is 0.